The maximum absolute atomic E-state index is 12.2. The summed E-state index contributed by atoms with van der Waals surface area (Å²) in [7, 11) is -3.32. The van der Waals surface area contributed by atoms with Crippen LogP contribution < -0.4 is 4.72 Å². The highest BCUT2D eigenvalue weighted by Crippen LogP contribution is 2.26. The van der Waals surface area contributed by atoms with Crippen molar-refractivity contribution in [2.45, 2.75) is 57.4 Å². The fourth-order valence-electron chi connectivity index (χ4n) is 3.02. The molecule has 1 aliphatic rings. The molecule has 0 aromatic heterocycles. The molecule has 1 saturated carbocycles. The lowest BCUT2D eigenvalue weighted by atomic mass is 9.85. The minimum atomic E-state index is -3.32. The topological polar surface area (TPSA) is 66.4 Å². The summed E-state index contributed by atoms with van der Waals surface area (Å²) in [6.45, 7) is 1.95. The molecule has 21 heavy (non-hydrogen) atoms. The van der Waals surface area contributed by atoms with Gasteiger partial charge in [0.15, 0.2) is 0 Å². The Morgan fingerprint density at radius 1 is 1.14 bits per heavy atom. The van der Waals surface area contributed by atoms with Gasteiger partial charge in [0.1, 0.15) is 0 Å². The van der Waals surface area contributed by atoms with E-state index in [-0.39, 0.29) is 18.4 Å². The molecule has 0 aliphatic heterocycles. The van der Waals surface area contributed by atoms with Crippen LogP contribution in [0.2, 0.25) is 0 Å². The zero-order valence-corrected chi connectivity index (χ0v) is 13.4. The Morgan fingerprint density at radius 3 is 2.29 bits per heavy atom. The predicted octanol–water partition coefficient (Wildman–Crippen LogP) is 2.57. The van der Waals surface area contributed by atoms with Crippen LogP contribution in [0.25, 0.3) is 0 Å². The van der Waals surface area contributed by atoms with Gasteiger partial charge in [0.25, 0.3) is 0 Å². The average molecular weight is 311 g/mol. The SMILES string of the molecule is CC(NS(=O)(=O)Cc1ccc(CO)cc1)C1CCCCC1. The predicted molar refractivity (Wildman–Crippen MR) is 84.2 cm³/mol. The van der Waals surface area contributed by atoms with Crippen molar-refractivity contribution < 1.29 is 13.5 Å². The van der Waals surface area contributed by atoms with Crippen LogP contribution >= 0.6 is 0 Å². The second kappa shape index (κ2) is 7.38. The summed E-state index contributed by atoms with van der Waals surface area (Å²) in [5.41, 5.74) is 1.54. The van der Waals surface area contributed by atoms with Crippen LogP contribution in [0.3, 0.4) is 0 Å². The molecule has 0 spiro atoms. The first-order valence-electron chi connectivity index (χ1n) is 7.69. The lowest BCUT2D eigenvalue weighted by Crippen LogP contribution is -2.39. The van der Waals surface area contributed by atoms with E-state index in [0.717, 1.165) is 24.0 Å². The van der Waals surface area contributed by atoms with Crippen LogP contribution in [0, 0.1) is 5.92 Å². The van der Waals surface area contributed by atoms with Gasteiger partial charge in [-0.1, -0.05) is 43.5 Å². The van der Waals surface area contributed by atoms with Crippen LogP contribution in [0.5, 0.6) is 0 Å². The summed E-state index contributed by atoms with van der Waals surface area (Å²) in [6, 6.07) is 7.05. The maximum atomic E-state index is 12.2. The van der Waals surface area contributed by atoms with Crippen molar-refractivity contribution >= 4 is 10.0 Å². The van der Waals surface area contributed by atoms with Gasteiger partial charge in [-0.2, -0.15) is 0 Å². The Labute approximate surface area is 127 Å². The Morgan fingerprint density at radius 2 is 1.71 bits per heavy atom. The molecule has 2 N–H and O–H groups in total. The average Bonchev–Trinajstić information content (AvgIpc) is 2.48. The van der Waals surface area contributed by atoms with E-state index in [1.165, 1.54) is 19.3 Å². The van der Waals surface area contributed by atoms with Crippen LogP contribution in [0.15, 0.2) is 24.3 Å². The Balaban J connectivity index is 1.93. The minimum absolute atomic E-state index is 0.00420. The highest BCUT2D eigenvalue weighted by atomic mass is 32.2. The van der Waals surface area contributed by atoms with Crippen LogP contribution in [-0.4, -0.2) is 19.6 Å². The number of hydrogen-bond donors (Lipinski definition) is 2. The van der Waals surface area contributed by atoms with Crippen molar-refractivity contribution in [2.75, 3.05) is 0 Å². The van der Waals surface area contributed by atoms with Gasteiger partial charge in [-0.15, -0.1) is 0 Å². The van der Waals surface area contributed by atoms with Crippen molar-refractivity contribution in [2.24, 2.45) is 5.92 Å². The summed E-state index contributed by atoms with van der Waals surface area (Å²) >= 11 is 0. The van der Waals surface area contributed by atoms with E-state index in [4.69, 9.17) is 5.11 Å². The van der Waals surface area contributed by atoms with Gasteiger partial charge in [0.2, 0.25) is 10.0 Å². The number of rotatable bonds is 6. The van der Waals surface area contributed by atoms with Crippen molar-refractivity contribution in [3.63, 3.8) is 0 Å². The molecule has 1 atom stereocenters. The molecular formula is C16H25NO3S. The molecule has 0 bridgehead atoms. The van der Waals surface area contributed by atoms with Gasteiger partial charge in [0.05, 0.1) is 12.4 Å². The highest BCUT2D eigenvalue weighted by Gasteiger charge is 2.24. The molecule has 1 aliphatic carbocycles. The Hall–Kier alpha value is -0.910. The lowest BCUT2D eigenvalue weighted by molar-refractivity contribution is 0.282. The van der Waals surface area contributed by atoms with Gasteiger partial charge >= 0.3 is 0 Å². The normalized spacial score (nSPS) is 18.6. The van der Waals surface area contributed by atoms with Crippen LogP contribution in [0.4, 0.5) is 0 Å². The maximum Gasteiger partial charge on any atom is 0.216 e. The van der Waals surface area contributed by atoms with Gasteiger partial charge in [0, 0.05) is 6.04 Å². The van der Waals surface area contributed by atoms with Crippen LogP contribution in [0.1, 0.15) is 50.2 Å². The van der Waals surface area contributed by atoms with E-state index in [1.54, 1.807) is 24.3 Å². The molecule has 5 heteroatoms. The number of nitrogens with one attached hydrogen (secondary N) is 1. The molecule has 4 nitrogen and oxygen atoms in total. The molecule has 118 valence electrons. The molecule has 1 fully saturated rings. The number of aliphatic hydroxyl groups is 1. The van der Waals surface area contributed by atoms with Gasteiger partial charge in [-0.05, 0) is 36.8 Å². The standard InChI is InChI=1S/C16H25NO3S/c1-13(16-5-3-2-4-6-16)17-21(19,20)12-15-9-7-14(11-18)8-10-15/h7-10,13,16-18H,2-6,11-12H2,1H3. The Bertz CT molecular complexity index is 533. The molecule has 0 saturated heterocycles. The van der Waals surface area contributed by atoms with Crippen molar-refractivity contribution in [1.29, 1.82) is 0 Å². The summed E-state index contributed by atoms with van der Waals surface area (Å²) < 4.78 is 27.3. The van der Waals surface area contributed by atoms with Crippen LogP contribution in [-0.2, 0) is 22.4 Å². The van der Waals surface area contributed by atoms with E-state index in [0.29, 0.717) is 5.92 Å². The quantitative estimate of drug-likeness (QED) is 0.848. The van der Waals surface area contributed by atoms with Crippen molar-refractivity contribution in [3.8, 4) is 0 Å². The van der Waals surface area contributed by atoms with E-state index in [1.807, 2.05) is 6.92 Å². The number of aliphatic hydroxyl groups excluding tert-OH is 1. The van der Waals surface area contributed by atoms with E-state index in [2.05, 4.69) is 4.72 Å². The van der Waals surface area contributed by atoms with Gasteiger partial charge < -0.3 is 5.11 Å². The van der Waals surface area contributed by atoms with E-state index >= 15 is 0 Å². The van der Waals surface area contributed by atoms with E-state index < -0.39 is 10.0 Å². The second-order valence-electron chi connectivity index (χ2n) is 6.04. The van der Waals surface area contributed by atoms with Crippen molar-refractivity contribution in [1.82, 2.24) is 4.72 Å². The van der Waals surface area contributed by atoms with E-state index in [9.17, 15) is 8.42 Å². The number of hydrogen-bond acceptors (Lipinski definition) is 3. The third kappa shape index (κ3) is 5.09. The fourth-order valence-corrected chi connectivity index (χ4v) is 4.49. The molecular weight excluding hydrogens is 286 g/mol. The lowest BCUT2D eigenvalue weighted by Gasteiger charge is -2.28. The smallest absolute Gasteiger partial charge is 0.216 e. The monoisotopic (exact) mass is 311 g/mol. The summed E-state index contributed by atoms with van der Waals surface area (Å²) in [5, 5.41) is 8.99. The third-order valence-electron chi connectivity index (χ3n) is 4.28. The summed E-state index contributed by atoms with van der Waals surface area (Å²) in [4.78, 5) is 0. The Kier molecular flexibility index (Phi) is 5.79. The molecule has 1 aromatic carbocycles. The molecule has 1 unspecified atom stereocenters. The highest BCUT2D eigenvalue weighted by molar-refractivity contribution is 7.88. The molecule has 0 heterocycles. The first-order valence-corrected chi connectivity index (χ1v) is 9.34. The van der Waals surface area contributed by atoms with Crippen molar-refractivity contribution in [3.05, 3.63) is 35.4 Å². The minimum Gasteiger partial charge on any atom is -0.392 e. The first-order chi connectivity index (χ1) is 10.00. The second-order valence-corrected chi connectivity index (χ2v) is 7.79. The van der Waals surface area contributed by atoms with Gasteiger partial charge in [-0.3, -0.25) is 0 Å². The zero-order chi connectivity index (χ0) is 15.3. The largest absolute Gasteiger partial charge is 0.392 e. The number of benzene rings is 1. The molecule has 0 amide bonds. The summed E-state index contributed by atoms with van der Waals surface area (Å²) in [6.07, 6.45) is 5.93. The first kappa shape index (κ1) is 16.5. The summed E-state index contributed by atoms with van der Waals surface area (Å²) in [5.74, 6) is 0.459. The van der Waals surface area contributed by atoms with Gasteiger partial charge in [-0.25, -0.2) is 13.1 Å². The zero-order valence-electron chi connectivity index (χ0n) is 12.6. The fraction of sp³-hybridized carbons (Fsp3) is 0.625. The molecule has 0 radical (unpaired) electrons. The number of sulfonamides is 1. The molecule has 1 aromatic rings. The molecule has 2 rings (SSSR count). The third-order valence-corrected chi connectivity index (χ3v) is 5.73.